The number of pyridine rings is 1. The molecule has 27 heavy (non-hydrogen) atoms. The molecule has 0 radical (unpaired) electrons. The number of para-hydroxylation sites is 1. The van der Waals surface area contributed by atoms with Crippen LogP contribution in [0, 0.1) is 6.92 Å². The molecule has 1 aliphatic carbocycles. The summed E-state index contributed by atoms with van der Waals surface area (Å²) >= 11 is 1.70. The van der Waals surface area contributed by atoms with Crippen LogP contribution in [0.15, 0.2) is 54.1 Å². The van der Waals surface area contributed by atoms with E-state index in [0.29, 0.717) is 12.1 Å². The summed E-state index contributed by atoms with van der Waals surface area (Å²) in [7, 11) is 0. The van der Waals surface area contributed by atoms with Crippen molar-refractivity contribution >= 4 is 28.1 Å². The molecular formula is C23H24N2OS. The maximum absolute atomic E-state index is 12.9. The average molecular weight is 377 g/mol. The molecule has 0 fully saturated rings. The summed E-state index contributed by atoms with van der Waals surface area (Å²) < 4.78 is 0. The first kappa shape index (κ1) is 17.9. The quantitative estimate of drug-likeness (QED) is 0.564. The number of aromatic nitrogens is 1. The average Bonchev–Trinajstić information content (AvgIpc) is 3.14. The summed E-state index contributed by atoms with van der Waals surface area (Å²) in [5.74, 6) is -0.0143. The molecule has 3 nitrogen and oxygen atoms in total. The van der Waals surface area contributed by atoms with Crippen molar-refractivity contribution in [3.05, 3.63) is 64.6 Å². The fraction of sp³-hybridized carbons (Fsp3) is 0.304. The van der Waals surface area contributed by atoms with Crippen LogP contribution in [0.2, 0.25) is 0 Å². The third-order valence-corrected chi connectivity index (χ3v) is 6.09. The minimum absolute atomic E-state index is 0.0143. The molecule has 4 rings (SSSR count). The highest BCUT2D eigenvalue weighted by Crippen LogP contribution is 2.30. The van der Waals surface area contributed by atoms with E-state index in [4.69, 9.17) is 4.98 Å². The lowest BCUT2D eigenvalue weighted by Crippen LogP contribution is -2.25. The van der Waals surface area contributed by atoms with Crippen molar-refractivity contribution in [2.24, 2.45) is 0 Å². The molecule has 3 aromatic rings. The van der Waals surface area contributed by atoms with E-state index in [9.17, 15) is 4.79 Å². The summed E-state index contributed by atoms with van der Waals surface area (Å²) in [6, 6.07) is 14.0. The zero-order valence-corrected chi connectivity index (χ0v) is 16.4. The number of rotatable bonds is 5. The number of carbonyl (C=O) groups excluding carboxylic acids is 1. The molecule has 0 unspecified atom stereocenters. The summed E-state index contributed by atoms with van der Waals surface area (Å²) in [4.78, 5) is 20.1. The van der Waals surface area contributed by atoms with E-state index in [0.717, 1.165) is 27.9 Å². The number of fused-ring (bicyclic) bond motifs is 1. The van der Waals surface area contributed by atoms with E-state index in [1.165, 1.54) is 36.1 Å². The van der Waals surface area contributed by atoms with Gasteiger partial charge in [-0.2, -0.15) is 0 Å². The van der Waals surface area contributed by atoms with Crippen LogP contribution in [0.1, 0.15) is 47.3 Å². The molecule has 4 heteroatoms. The highest BCUT2D eigenvalue weighted by atomic mass is 32.1. The van der Waals surface area contributed by atoms with E-state index >= 15 is 0 Å². The molecule has 0 bridgehead atoms. The number of allylic oxidation sites excluding steroid dienone is 1. The minimum atomic E-state index is -0.0143. The number of benzene rings is 1. The highest BCUT2D eigenvalue weighted by Gasteiger charge is 2.14. The van der Waals surface area contributed by atoms with Crippen molar-refractivity contribution in [2.75, 3.05) is 6.54 Å². The summed E-state index contributed by atoms with van der Waals surface area (Å²) in [6.07, 6.45) is 8.22. The van der Waals surface area contributed by atoms with Gasteiger partial charge in [0.05, 0.1) is 21.7 Å². The maximum atomic E-state index is 12.9. The fourth-order valence-corrected chi connectivity index (χ4v) is 4.45. The fourth-order valence-electron chi connectivity index (χ4n) is 3.63. The number of aryl methyl sites for hydroxylation is 1. The Morgan fingerprint density at radius 1 is 1.19 bits per heavy atom. The first-order chi connectivity index (χ1) is 13.2. The Bertz CT molecular complexity index is 1000. The van der Waals surface area contributed by atoms with Crippen LogP contribution in [0.3, 0.4) is 0 Å². The minimum Gasteiger partial charge on any atom is -0.352 e. The van der Waals surface area contributed by atoms with Crippen LogP contribution >= 0.6 is 11.3 Å². The second kappa shape index (κ2) is 8.05. The lowest BCUT2D eigenvalue weighted by molar-refractivity contribution is 0.0955. The van der Waals surface area contributed by atoms with Crippen LogP contribution < -0.4 is 5.32 Å². The van der Waals surface area contributed by atoms with Gasteiger partial charge in [-0.1, -0.05) is 29.8 Å². The molecule has 1 N–H and O–H groups in total. The van der Waals surface area contributed by atoms with E-state index < -0.39 is 0 Å². The summed E-state index contributed by atoms with van der Waals surface area (Å²) in [5, 5.41) is 4.02. The Morgan fingerprint density at radius 2 is 2.07 bits per heavy atom. The number of nitrogens with zero attached hydrogens (tertiary/aromatic N) is 1. The van der Waals surface area contributed by atoms with E-state index in [1.54, 1.807) is 11.3 Å². The number of nitrogens with one attached hydrogen (secondary N) is 1. The van der Waals surface area contributed by atoms with Gasteiger partial charge in [0.15, 0.2) is 0 Å². The Morgan fingerprint density at radius 3 is 2.85 bits per heavy atom. The molecule has 0 aliphatic heterocycles. The predicted molar refractivity (Wildman–Crippen MR) is 113 cm³/mol. The molecule has 0 atom stereocenters. The van der Waals surface area contributed by atoms with E-state index in [1.807, 2.05) is 30.3 Å². The summed E-state index contributed by atoms with van der Waals surface area (Å²) in [5.41, 5.74) is 3.92. The molecule has 1 amide bonds. The monoisotopic (exact) mass is 376 g/mol. The van der Waals surface area contributed by atoms with Gasteiger partial charge in [-0.05, 0) is 63.3 Å². The largest absolute Gasteiger partial charge is 0.352 e. The summed E-state index contributed by atoms with van der Waals surface area (Å²) in [6.45, 7) is 2.78. The Balaban J connectivity index is 1.59. The Labute approximate surface area is 164 Å². The van der Waals surface area contributed by atoms with Crippen LogP contribution in [-0.4, -0.2) is 17.4 Å². The topological polar surface area (TPSA) is 42.0 Å². The predicted octanol–water partition coefficient (Wildman–Crippen LogP) is 5.89. The lowest BCUT2D eigenvalue weighted by atomic mass is 9.97. The number of amides is 1. The van der Waals surface area contributed by atoms with Crippen molar-refractivity contribution in [2.45, 2.75) is 39.0 Å². The van der Waals surface area contributed by atoms with Gasteiger partial charge in [0, 0.05) is 16.8 Å². The maximum Gasteiger partial charge on any atom is 0.252 e. The highest BCUT2D eigenvalue weighted by molar-refractivity contribution is 7.15. The molecule has 0 saturated carbocycles. The third-order valence-electron chi connectivity index (χ3n) is 5.07. The molecule has 0 saturated heterocycles. The van der Waals surface area contributed by atoms with Gasteiger partial charge in [-0.25, -0.2) is 4.98 Å². The number of carbonyl (C=O) groups is 1. The molecule has 1 aliphatic rings. The molecule has 1 aromatic carbocycles. The van der Waals surface area contributed by atoms with E-state index in [2.05, 4.69) is 30.4 Å². The second-order valence-electron chi connectivity index (χ2n) is 7.10. The SMILES string of the molecule is Cc1ccc(-c2cc(C(=O)NCCC3=CCCCC3)c3ccccc3n2)s1. The van der Waals surface area contributed by atoms with Gasteiger partial charge >= 0.3 is 0 Å². The van der Waals surface area contributed by atoms with Gasteiger partial charge in [-0.15, -0.1) is 11.3 Å². The first-order valence-electron chi connectivity index (χ1n) is 9.63. The number of hydrogen-bond donors (Lipinski definition) is 1. The zero-order chi connectivity index (χ0) is 18.6. The Hall–Kier alpha value is -2.46. The van der Waals surface area contributed by atoms with Crippen LogP contribution in [0.25, 0.3) is 21.5 Å². The van der Waals surface area contributed by atoms with Crippen molar-refractivity contribution in [3.8, 4) is 10.6 Å². The van der Waals surface area contributed by atoms with Gasteiger partial charge < -0.3 is 5.32 Å². The molecule has 0 spiro atoms. The van der Waals surface area contributed by atoms with Crippen molar-refractivity contribution < 1.29 is 4.79 Å². The zero-order valence-electron chi connectivity index (χ0n) is 15.6. The molecular weight excluding hydrogens is 352 g/mol. The molecule has 2 heterocycles. The normalized spacial score (nSPS) is 14.2. The van der Waals surface area contributed by atoms with Gasteiger partial charge in [-0.3, -0.25) is 4.79 Å². The van der Waals surface area contributed by atoms with Crippen LogP contribution in [0.5, 0.6) is 0 Å². The van der Waals surface area contributed by atoms with Gasteiger partial charge in [0.2, 0.25) is 0 Å². The van der Waals surface area contributed by atoms with Crippen molar-refractivity contribution in [1.29, 1.82) is 0 Å². The van der Waals surface area contributed by atoms with Crippen molar-refractivity contribution in [3.63, 3.8) is 0 Å². The first-order valence-corrected chi connectivity index (χ1v) is 10.4. The van der Waals surface area contributed by atoms with Crippen LogP contribution in [0.4, 0.5) is 0 Å². The smallest absolute Gasteiger partial charge is 0.252 e. The number of hydrogen-bond acceptors (Lipinski definition) is 3. The van der Waals surface area contributed by atoms with Gasteiger partial charge in [0.25, 0.3) is 5.91 Å². The number of thiophene rings is 1. The third kappa shape index (κ3) is 4.11. The van der Waals surface area contributed by atoms with E-state index in [-0.39, 0.29) is 5.91 Å². The van der Waals surface area contributed by atoms with Crippen molar-refractivity contribution in [1.82, 2.24) is 10.3 Å². The van der Waals surface area contributed by atoms with Gasteiger partial charge in [0.1, 0.15) is 0 Å². The second-order valence-corrected chi connectivity index (χ2v) is 8.38. The standard InChI is InChI=1S/C23H24N2OS/c1-16-11-12-22(27-16)21-15-19(18-9-5-6-10-20(18)25-21)23(26)24-14-13-17-7-3-2-4-8-17/h5-7,9-12,15H,2-4,8,13-14H2,1H3,(H,24,26). The van der Waals surface area contributed by atoms with Crippen LogP contribution in [-0.2, 0) is 0 Å². The Kier molecular flexibility index (Phi) is 5.35. The lowest BCUT2D eigenvalue weighted by Gasteiger charge is -2.14. The molecule has 2 aromatic heterocycles. The molecule has 138 valence electrons.